The second-order valence-electron chi connectivity index (χ2n) is 12.4. The van der Waals surface area contributed by atoms with E-state index in [1.54, 1.807) is 103 Å². The number of ether oxygens (including phenoxy) is 4. The molecule has 9 heteroatoms. The second-order valence-corrected chi connectivity index (χ2v) is 12.4. The molecule has 42 heavy (non-hydrogen) atoms. The van der Waals surface area contributed by atoms with E-state index in [2.05, 4.69) is 5.32 Å². The Kier molecular flexibility index (Phi) is 6.88. The molecule has 1 spiro atoms. The van der Waals surface area contributed by atoms with Gasteiger partial charge in [-0.25, -0.2) is 4.79 Å². The SMILES string of the molecule is CCC(=O)Nc1ccc2c(c1)C(=O)OC21c2ccc(OC(=O)C(C)(C)C)cc2Oc2cc(OC(=O)C(C)(C)C)ccc21. The number of hydrogen-bond acceptors (Lipinski definition) is 8. The van der Waals surface area contributed by atoms with Crippen LogP contribution in [0.25, 0.3) is 0 Å². The van der Waals surface area contributed by atoms with Crippen molar-refractivity contribution in [3.05, 3.63) is 76.9 Å². The summed E-state index contributed by atoms with van der Waals surface area (Å²) in [7, 11) is 0. The van der Waals surface area contributed by atoms with Gasteiger partial charge in [0.25, 0.3) is 0 Å². The van der Waals surface area contributed by atoms with Crippen LogP contribution < -0.4 is 19.5 Å². The maximum absolute atomic E-state index is 13.4. The largest absolute Gasteiger partial charge is 0.456 e. The number of carbonyl (C=O) groups is 4. The smallest absolute Gasteiger partial charge is 0.340 e. The van der Waals surface area contributed by atoms with Crippen LogP contribution in [-0.4, -0.2) is 23.8 Å². The molecular weight excluding hydrogens is 538 g/mol. The van der Waals surface area contributed by atoms with Gasteiger partial charge >= 0.3 is 17.9 Å². The molecular formula is C33H33NO8. The van der Waals surface area contributed by atoms with Crippen LogP contribution in [0, 0.1) is 10.8 Å². The molecule has 0 saturated heterocycles. The summed E-state index contributed by atoms with van der Waals surface area (Å²) >= 11 is 0. The Morgan fingerprint density at radius 2 is 1.26 bits per heavy atom. The average Bonchev–Trinajstić information content (AvgIpc) is 3.19. The van der Waals surface area contributed by atoms with E-state index in [-0.39, 0.29) is 29.4 Å². The maximum Gasteiger partial charge on any atom is 0.340 e. The van der Waals surface area contributed by atoms with E-state index in [0.29, 0.717) is 33.9 Å². The molecule has 0 radical (unpaired) electrons. The highest BCUT2D eigenvalue weighted by Gasteiger charge is 2.54. The van der Waals surface area contributed by atoms with E-state index in [1.165, 1.54) is 0 Å². The topological polar surface area (TPSA) is 117 Å². The lowest BCUT2D eigenvalue weighted by atomic mass is 9.77. The predicted molar refractivity (Wildman–Crippen MR) is 154 cm³/mol. The van der Waals surface area contributed by atoms with Gasteiger partial charge in [0.05, 0.1) is 16.4 Å². The van der Waals surface area contributed by atoms with Gasteiger partial charge in [-0.2, -0.15) is 0 Å². The molecule has 3 aromatic carbocycles. The number of fused-ring (bicyclic) bond motifs is 6. The fraction of sp³-hybridized carbons (Fsp3) is 0.333. The minimum atomic E-state index is -1.41. The number of benzene rings is 3. The third kappa shape index (κ3) is 5.00. The van der Waals surface area contributed by atoms with Gasteiger partial charge in [-0.1, -0.05) is 13.0 Å². The minimum absolute atomic E-state index is 0.188. The summed E-state index contributed by atoms with van der Waals surface area (Å²) < 4.78 is 23.7. The Balaban J connectivity index is 1.66. The Labute approximate surface area is 244 Å². The lowest BCUT2D eigenvalue weighted by Gasteiger charge is -2.36. The van der Waals surface area contributed by atoms with E-state index in [0.717, 1.165) is 0 Å². The zero-order chi connectivity index (χ0) is 30.6. The number of carbonyl (C=O) groups excluding carboxylic acids is 4. The highest BCUT2D eigenvalue weighted by molar-refractivity contribution is 5.99. The average molecular weight is 572 g/mol. The molecule has 0 aromatic heterocycles. The van der Waals surface area contributed by atoms with Crippen molar-refractivity contribution in [3.63, 3.8) is 0 Å². The van der Waals surface area contributed by atoms with E-state index in [9.17, 15) is 19.2 Å². The molecule has 218 valence electrons. The van der Waals surface area contributed by atoms with Crippen molar-refractivity contribution >= 4 is 29.5 Å². The van der Waals surface area contributed by atoms with Crippen LogP contribution >= 0.6 is 0 Å². The number of nitrogens with one attached hydrogen (secondary N) is 1. The molecule has 2 aliphatic heterocycles. The Bertz CT molecular complexity index is 1560. The summed E-state index contributed by atoms with van der Waals surface area (Å²) in [6.45, 7) is 12.2. The highest BCUT2D eigenvalue weighted by Crippen LogP contribution is 2.57. The number of rotatable bonds is 4. The number of hydrogen-bond donors (Lipinski definition) is 1. The number of amides is 1. The Morgan fingerprint density at radius 1 is 0.762 bits per heavy atom. The van der Waals surface area contributed by atoms with Crippen LogP contribution in [0.3, 0.4) is 0 Å². The first-order valence-corrected chi connectivity index (χ1v) is 13.7. The van der Waals surface area contributed by atoms with Gasteiger partial charge in [0.1, 0.15) is 23.0 Å². The van der Waals surface area contributed by atoms with Gasteiger partial charge in [-0.05, 0) is 77.9 Å². The first-order valence-electron chi connectivity index (χ1n) is 13.7. The second kappa shape index (κ2) is 10.0. The van der Waals surface area contributed by atoms with Gasteiger partial charge in [-0.15, -0.1) is 0 Å². The summed E-state index contributed by atoms with van der Waals surface area (Å²) in [5.41, 5.74) is -0.550. The fourth-order valence-electron chi connectivity index (χ4n) is 4.66. The normalized spacial score (nSPS) is 14.6. The molecule has 2 heterocycles. The van der Waals surface area contributed by atoms with Crippen LogP contribution in [0.15, 0.2) is 54.6 Å². The van der Waals surface area contributed by atoms with Crippen molar-refractivity contribution in [3.8, 4) is 23.0 Å². The standard InChI is InChI=1S/C33H33NO8/c1-8-27(35)34-18-9-12-22-21(15-18)28(36)42-33(22)23-13-10-19(39-29(37)31(2,3)4)16-25(23)41-26-17-20(11-14-24(26)33)40-30(38)32(5,6)7/h9-17H,8H2,1-7H3,(H,34,35). The summed E-state index contributed by atoms with van der Waals surface area (Å²) in [6.07, 6.45) is 0.286. The predicted octanol–water partition coefficient (Wildman–Crippen LogP) is 6.51. The molecule has 0 atom stereocenters. The lowest BCUT2D eigenvalue weighted by molar-refractivity contribution is -0.143. The van der Waals surface area contributed by atoms with Crippen LogP contribution in [0.1, 0.15) is 81.9 Å². The van der Waals surface area contributed by atoms with Crippen molar-refractivity contribution in [2.45, 2.75) is 60.5 Å². The number of esters is 3. The molecule has 2 aliphatic rings. The molecule has 0 aliphatic carbocycles. The summed E-state index contributed by atoms with van der Waals surface area (Å²) in [5.74, 6) is -0.520. The van der Waals surface area contributed by atoms with Crippen LogP contribution in [0.2, 0.25) is 0 Å². The zero-order valence-corrected chi connectivity index (χ0v) is 24.7. The van der Waals surface area contributed by atoms with Crippen LogP contribution in [0.4, 0.5) is 5.69 Å². The van der Waals surface area contributed by atoms with Gasteiger partial charge in [0.15, 0.2) is 5.60 Å². The van der Waals surface area contributed by atoms with Crippen molar-refractivity contribution in [2.24, 2.45) is 10.8 Å². The first-order chi connectivity index (χ1) is 19.6. The third-order valence-corrected chi connectivity index (χ3v) is 7.00. The molecule has 9 nitrogen and oxygen atoms in total. The minimum Gasteiger partial charge on any atom is -0.456 e. The van der Waals surface area contributed by atoms with Crippen molar-refractivity contribution < 1.29 is 38.1 Å². The number of anilines is 1. The summed E-state index contributed by atoms with van der Waals surface area (Å²) in [4.78, 5) is 50.6. The zero-order valence-electron chi connectivity index (χ0n) is 24.7. The lowest BCUT2D eigenvalue weighted by Crippen LogP contribution is -2.33. The van der Waals surface area contributed by atoms with Crippen molar-refractivity contribution in [1.29, 1.82) is 0 Å². The van der Waals surface area contributed by atoms with Crippen LogP contribution in [-0.2, 0) is 24.7 Å². The van der Waals surface area contributed by atoms with E-state index < -0.39 is 34.3 Å². The first kappa shape index (κ1) is 28.9. The van der Waals surface area contributed by atoms with Gasteiger partial charge in [0, 0.05) is 40.9 Å². The van der Waals surface area contributed by atoms with E-state index >= 15 is 0 Å². The molecule has 0 unspecified atom stereocenters. The van der Waals surface area contributed by atoms with Crippen LogP contribution in [0.5, 0.6) is 23.0 Å². The molecule has 1 N–H and O–H groups in total. The van der Waals surface area contributed by atoms with Crippen molar-refractivity contribution in [2.75, 3.05) is 5.32 Å². The molecule has 0 fully saturated rings. The van der Waals surface area contributed by atoms with Crippen molar-refractivity contribution in [1.82, 2.24) is 0 Å². The third-order valence-electron chi connectivity index (χ3n) is 7.00. The molecule has 0 saturated carbocycles. The fourth-order valence-corrected chi connectivity index (χ4v) is 4.66. The monoisotopic (exact) mass is 571 g/mol. The Morgan fingerprint density at radius 3 is 1.74 bits per heavy atom. The molecule has 5 rings (SSSR count). The highest BCUT2D eigenvalue weighted by atomic mass is 16.6. The molecule has 1 amide bonds. The quantitative estimate of drug-likeness (QED) is 0.278. The molecule has 3 aromatic rings. The maximum atomic E-state index is 13.4. The summed E-state index contributed by atoms with van der Waals surface area (Å²) in [5, 5.41) is 2.78. The molecule has 0 bridgehead atoms. The van der Waals surface area contributed by atoms with Gasteiger partial charge in [0.2, 0.25) is 5.91 Å². The Hall–Kier alpha value is -4.66. The van der Waals surface area contributed by atoms with E-state index in [1.807, 2.05) is 0 Å². The van der Waals surface area contributed by atoms with Gasteiger partial charge in [-0.3, -0.25) is 14.4 Å². The van der Waals surface area contributed by atoms with E-state index in [4.69, 9.17) is 18.9 Å². The summed E-state index contributed by atoms with van der Waals surface area (Å²) in [6, 6.07) is 14.8. The van der Waals surface area contributed by atoms with Gasteiger partial charge < -0.3 is 24.3 Å².